The van der Waals surface area contributed by atoms with Gasteiger partial charge in [-0.1, -0.05) is 4.49 Å². The maximum Gasteiger partial charge on any atom is 0.423 e. The number of anilines is 1. The largest absolute Gasteiger partial charge is 0.423 e. The van der Waals surface area contributed by atoms with E-state index in [0.29, 0.717) is 17.8 Å². The molecule has 0 saturated carbocycles. The van der Waals surface area contributed by atoms with Crippen molar-refractivity contribution in [2.45, 2.75) is 13.1 Å². The molecule has 116 valence electrons. The van der Waals surface area contributed by atoms with Crippen LogP contribution in [0.25, 0.3) is 0 Å². The lowest BCUT2D eigenvalue weighted by molar-refractivity contribution is -0.388. The minimum Gasteiger partial charge on any atom is -0.321 e. The van der Waals surface area contributed by atoms with Crippen LogP contribution in [0.1, 0.15) is 20.9 Å². The van der Waals surface area contributed by atoms with Crippen molar-refractivity contribution < 1.29 is 22.9 Å². The molecule has 0 radical (unpaired) electrons. The fourth-order valence-electron chi connectivity index (χ4n) is 1.63. The summed E-state index contributed by atoms with van der Waals surface area (Å²) in [5.41, 5.74) is -2.40. The SMILES string of the molecule is Cc1nnsc1C(=O)Nc1ccc([N+](=O)[O-])c(C(F)(F)F)c1. The molecular weight excluding hydrogens is 325 g/mol. The lowest BCUT2D eigenvalue weighted by Crippen LogP contribution is -2.14. The zero-order valence-corrected chi connectivity index (χ0v) is 11.7. The molecule has 7 nitrogen and oxygen atoms in total. The molecule has 1 N–H and O–H groups in total. The van der Waals surface area contributed by atoms with E-state index in [9.17, 15) is 28.1 Å². The van der Waals surface area contributed by atoms with Gasteiger partial charge in [-0.15, -0.1) is 5.10 Å². The molecule has 0 saturated heterocycles. The fourth-order valence-corrected chi connectivity index (χ4v) is 2.18. The van der Waals surface area contributed by atoms with Gasteiger partial charge in [0, 0.05) is 11.8 Å². The molecule has 0 atom stereocenters. The van der Waals surface area contributed by atoms with Crippen molar-refractivity contribution in [2.75, 3.05) is 5.32 Å². The van der Waals surface area contributed by atoms with Crippen LogP contribution in [0.5, 0.6) is 0 Å². The van der Waals surface area contributed by atoms with Crippen LogP contribution < -0.4 is 5.32 Å². The Morgan fingerprint density at radius 3 is 2.59 bits per heavy atom. The number of nitro benzene ring substituents is 1. The zero-order valence-electron chi connectivity index (χ0n) is 10.8. The van der Waals surface area contributed by atoms with Gasteiger partial charge >= 0.3 is 6.18 Å². The number of nitrogens with one attached hydrogen (secondary N) is 1. The monoisotopic (exact) mass is 332 g/mol. The highest BCUT2D eigenvalue weighted by atomic mass is 32.1. The summed E-state index contributed by atoms with van der Waals surface area (Å²) >= 11 is 0.791. The molecule has 0 bridgehead atoms. The lowest BCUT2D eigenvalue weighted by Gasteiger charge is -2.10. The summed E-state index contributed by atoms with van der Waals surface area (Å²) in [6.45, 7) is 1.52. The topological polar surface area (TPSA) is 98.0 Å². The van der Waals surface area contributed by atoms with E-state index >= 15 is 0 Å². The van der Waals surface area contributed by atoms with Crippen LogP contribution in [0.3, 0.4) is 0 Å². The summed E-state index contributed by atoms with van der Waals surface area (Å²) < 4.78 is 42.0. The number of rotatable bonds is 3. The molecular formula is C11H7F3N4O3S. The van der Waals surface area contributed by atoms with E-state index in [-0.39, 0.29) is 10.6 Å². The van der Waals surface area contributed by atoms with Crippen molar-refractivity contribution in [3.63, 3.8) is 0 Å². The van der Waals surface area contributed by atoms with Crippen molar-refractivity contribution in [3.8, 4) is 0 Å². The molecule has 11 heteroatoms. The molecule has 1 amide bonds. The van der Waals surface area contributed by atoms with Crippen molar-refractivity contribution in [2.24, 2.45) is 0 Å². The molecule has 1 aromatic heterocycles. The number of alkyl halides is 3. The molecule has 1 aromatic carbocycles. The zero-order chi connectivity index (χ0) is 16.5. The summed E-state index contributed by atoms with van der Waals surface area (Å²) in [4.78, 5) is 21.5. The van der Waals surface area contributed by atoms with Crippen molar-refractivity contribution in [1.82, 2.24) is 9.59 Å². The van der Waals surface area contributed by atoms with Crippen LogP contribution >= 0.6 is 11.5 Å². The first-order valence-corrected chi connectivity index (χ1v) is 6.43. The highest BCUT2D eigenvalue weighted by Crippen LogP contribution is 2.37. The van der Waals surface area contributed by atoms with Gasteiger partial charge in [0.05, 0.1) is 10.6 Å². The van der Waals surface area contributed by atoms with E-state index in [2.05, 4.69) is 14.9 Å². The highest BCUT2D eigenvalue weighted by Gasteiger charge is 2.38. The highest BCUT2D eigenvalue weighted by molar-refractivity contribution is 7.08. The summed E-state index contributed by atoms with van der Waals surface area (Å²) in [6, 6.07) is 2.23. The summed E-state index contributed by atoms with van der Waals surface area (Å²) in [6.07, 6.45) is -4.91. The number of nitro groups is 1. The average molecular weight is 332 g/mol. The molecule has 0 aliphatic carbocycles. The first-order valence-electron chi connectivity index (χ1n) is 5.66. The summed E-state index contributed by atoms with van der Waals surface area (Å²) in [5.74, 6) is -0.686. The summed E-state index contributed by atoms with van der Waals surface area (Å²) in [7, 11) is 0. The maximum atomic E-state index is 12.8. The minimum atomic E-state index is -4.91. The fraction of sp³-hybridized carbons (Fsp3) is 0.182. The van der Waals surface area contributed by atoms with Gasteiger partial charge in [0.15, 0.2) is 0 Å². The molecule has 0 spiro atoms. The van der Waals surface area contributed by atoms with Gasteiger partial charge in [0.2, 0.25) is 0 Å². The minimum absolute atomic E-state index is 0.145. The van der Waals surface area contributed by atoms with E-state index in [4.69, 9.17) is 0 Å². The molecule has 0 aliphatic rings. The molecule has 2 rings (SSSR count). The van der Waals surface area contributed by atoms with Gasteiger partial charge in [0.1, 0.15) is 10.4 Å². The van der Waals surface area contributed by atoms with Crippen molar-refractivity contribution >= 4 is 28.8 Å². The molecule has 1 heterocycles. The lowest BCUT2D eigenvalue weighted by atomic mass is 10.1. The number of hydrogen-bond acceptors (Lipinski definition) is 6. The van der Waals surface area contributed by atoms with Crippen LogP contribution in [-0.4, -0.2) is 20.4 Å². The quantitative estimate of drug-likeness (QED) is 0.688. The summed E-state index contributed by atoms with van der Waals surface area (Å²) in [5, 5.41) is 16.5. The van der Waals surface area contributed by atoms with Crippen LogP contribution in [0.15, 0.2) is 18.2 Å². The van der Waals surface area contributed by atoms with E-state index in [1.165, 1.54) is 6.92 Å². The third kappa shape index (κ3) is 3.19. The van der Waals surface area contributed by atoms with Crippen LogP contribution in [-0.2, 0) is 6.18 Å². The van der Waals surface area contributed by atoms with Gasteiger partial charge < -0.3 is 5.32 Å². The normalized spacial score (nSPS) is 11.3. The van der Waals surface area contributed by atoms with Gasteiger partial charge in [-0.2, -0.15) is 13.2 Å². The Bertz CT molecular complexity index is 744. The second kappa shape index (κ2) is 5.67. The van der Waals surface area contributed by atoms with E-state index in [1.54, 1.807) is 0 Å². The predicted octanol–water partition coefficient (Wildman–Crippen LogP) is 3.03. The molecule has 0 unspecified atom stereocenters. The number of amides is 1. The number of aromatic nitrogens is 2. The van der Waals surface area contributed by atoms with Crippen LogP contribution in [0.4, 0.5) is 24.5 Å². The Morgan fingerprint density at radius 2 is 2.09 bits per heavy atom. The van der Waals surface area contributed by atoms with E-state index in [0.717, 1.165) is 17.6 Å². The standard InChI is InChI=1S/C11H7F3N4O3S/c1-5-9(22-17-16-5)10(19)15-6-2-3-8(18(20)21)7(4-6)11(12,13)14/h2-4H,1H3,(H,15,19). The molecule has 22 heavy (non-hydrogen) atoms. The Labute approximate surface area is 125 Å². The van der Waals surface area contributed by atoms with Crippen LogP contribution in [0, 0.1) is 17.0 Å². The number of benzene rings is 1. The Balaban J connectivity index is 2.35. The first-order chi connectivity index (χ1) is 10.2. The predicted molar refractivity (Wildman–Crippen MR) is 70.7 cm³/mol. The second-order valence-electron chi connectivity index (χ2n) is 4.13. The molecule has 0 fully saturated rings. The van der Waals surface area contributed by atoms with E-state index in [1.807, 2.05) is 0 Å². The van der Waals surface area contributed by atoms with Crippen molar-refractivity contribution in [1.29, 1.82) is 0 Å². The van der Waals surface area contributed by atoms with Gasteiger partial charge in [-0.05, 0) is 30.6 Å². The average Bonchev–Trinajstić information content (AvgIpc) is 2.83. The number of carbonyl (C=O) groups excluding carboxylic acids is 1. The Hall–Kier alpha value is -2.56. The molecule has 0 aliphatic heterocycles. The van der Waals surface area contributed by atoms with E-state index < -0.39 is 28.3 Å². The smallest absolute Gasteiger partial charge is 0.321 e. The number of carbonyl (C=O) groups is 1. The van der Waals surface area contributed by atoms with Gasteiger partial charge in [-0.25, -0.2) is 0 Å². The Kier molecular flexibility index (Phi) is 4.08. The van der Waals surface area contributed by atoms with Gasteiger partial charge in [-0.3, -0.25) is 14.9 Å². The number of nitrogens with zero attached hydrogens (tertiary/aromatic N) is 3. The van der Waals surface area contributed by atoms with Crippen LogP contribution in [0.2, 0.25) is 0 Å². The third-order valence-electron chi connectivity index (χ3n) is 2.61. The van der Waals surface area contributed by atoms with Gasteiger partial charge in [0.25, 0.3) is 11.6 Å². The van der Waals surface area contributed by atoms with Crippen molar-refractivity contribution in [3.05, 3.63) is 44.4 Å². The molecule has 2 aromatic rings. The number of hydrogen-bond donors (Lipinski definition) is 1. The Morgan fingerprint density at radius 1 is 1.41 bits per heavy atom. The first kappa shape index (κ1) is 15.8. The number of halogens is 3. The number of aryl methyl sites for hydroxylation is 1. The third-order valence-corrected chi connectivity index (χ3v) is 3.44. The second-order valence-corrected chi connectivity index (χ2v) is 4.88. The maximum absolute atomic E-state index is 12.8.